The quantitative estimate of drug-likeness (QED) is 0.603. The molecule has 0 amide bonds. The number of hydrogen-bond donors (Lipinski definition) is 2. The fourth-order valence-corrected chi connectivity index (χ4v) is 2.61. The van der Waals surface area contributed by atoms with Crippen molar-refractivity contribution in [1.82, 2.24) is 9.97 Å². The Labute approximate surface area is 160 Å². The molecule has 0 saturated carbocycles. The van der Waals surface area contributed by atoms with Crippen molar-refractivity contribution in [2.75, 3.05) is 24.3 Å². The van der Waals surface area contributed by atoms with Gasteiger partial charge in [0.1, 0.15) is 23.7 Å². The summed E-state index contributed by atoms with van der Waals surface area (Å²) in [5, 5.41) is 6.05. The first kappa shape index (κ1) is 19.5. The second-order valence-electron chi connectivity index (χ2n) is 6.02. The number of alkyl halides is 3. The average molecular weight is 388 g/mol. The van der Waals surface area contributed by atoms with Crippen molar-refractivity contribution in [3.8, 4) is 5.75 Å². The van der Waals surface area contributed by atoms with Gasteiger partial charge in [-0.3, -0.25) is 0 Å². The molecule has 146 valence electrons. The van der Waals surface area contributed by atoms with Gasteiger partial charge < -0.3 is 15.4 Å². The van der Waals surface area contributed by atoms with Crippen molar-refractivity contribution in [2.45, 2.75) is 12.6 Å². The highest BCUT2D eigenvalue weighted by Crippen LogP contribution is 2.31. The molecule has 0 spiro atoms. The van der Waals surface area contributed by atoms with E-state index in [1.54, 1.807) is 19.2 Å². The van der Waals surface area contributed by atoms with Crippen LogP contribution in [0.4, 0.5) is 30.5 Å². The van der Waals surface area contributed by atoms with E-state index in [2.05, 4.69) is 20.6 Å². The van der Waals surface area contributed by atoms with Crippen LogP contribution < -0.4 is 15.4 Å². The number of methoxy groups -OCH3 is 1. The highest BCUT2D eigenvalue weighted by Gasteiger charge is 2.30. The molecule has 28 heavy (non-hydrogen) atoms. The molecule has 0 aliphatic rings. The fourth-order valence-electron chi connectivity index (χ4n) is 2.61. The molecule has 8 heteroatoms. The van der Waals surface area contributed by atoms with Crippen molar-refractivity contribution in [3.63, 3.8) is 0 Å². The molecule has 1 aromatic heterocycles. The molecule has 2 aromatic carbocycles. The molecule has 5 nitrogen and oxygen atoms in total. The first-order chi connectivity index (χ1) is 13.4. The minimum absolute atomic E-state index is 0.302. The number of rotatable bonds is 7. The van der Waals surface area contributed by atoms with Gasteiger partial charge in [-0.1, -0.05) is 18.2 Å². The van der Waals surface area contributed by atoms with Crippen LogP contribution in [0.5, 0.6) is 5.75 Å². The molecule has 0 atom stereocenters. The lowest BCUT2D eigenvalue weighted by atomic mass is 10.1. The van der Waals surface area contributed by atoms with E-state index >= 15 is 0 Å². The zero-order chi connectivity index (χ0) is 20.0. The number of halogens is 3. The first-order valence-electron chi connectivity index (χ1n) is 8.57. The minimum Gasteiger partial charge on any atom is -0.497 e. The Kier molecular flexibility index (Phi) is 5.98. The molecule has 0 bridgehead atoms. The lowest BCUT2D eigenvalue weighted by molar-refractivity contribution is -0.137. The number of aromatic nitrogens is 2. The summed E-state index contributed by atoms with van der Waals surface area (Å²) >= 11 is 0. The maximum absolute atomic E-state index is 12.8. The molecule has 3 rings (SSSR count). The topological polar surface area (TPSA) is 59.1 Å². The Morgan fingerprint density at radius 3 is 2.54 bits per heavy atom. The van der Waals surface area contributed by atoms with Gasteiger partial charge in [0.05, 0.1) is 12.7 Å². The number of ether oxygens (including phenoxy) is 1. The lowest BCUT2D eigenvalue weighted by Gasteiger charge is -2.11. The molecule has 0 unspecified atom stereocenters. The molecule has 2 N–H and O–H groups in total. The van der Waals surface area contributed by atoms with Gasteiger partial charge in [0.25, 0.3) is 0 Å². The molecule has 0 fully saturated rings. The molecular formula is C20H19F3N4O. The van der Waals surface area contributed by atoms with E-state index in [0.717, 1.165) is 29.9 Å². The standard InChI is InChI=1S/C20H19F3N4O/c1-28-17-7-2-4-14(10-17)8-9-24-18-12-19(26-13-25-18)27-16-6-3-5-15(11-16)20(21,22)23/h2-7,10-13H,8-9H2,1H3,(H2,24,25,26,27). The van der Waals surface area contributed by atoms with E-state index < -0.39 is 11.7 Å². The number of nitrogens with zero attached hydrogens (tertiary/aromatic N) is 2. The highest BCUT2D eigenvalue weighted by molar-refractivity contribution is 5.59. The zero-order valence-corrected chi connectivity index (χ0v) is 15.1. The van der Waals surface area contributed by atoms with Gasteiger partial charge in [-0.15, -0.1) is 0 Å². The molecule has 0 aliphatic carbocycles. The van der Waals surface area contributed by atoms with Gasteiger partial charge in [-0.25, -0.2) is 9.97 Å². The predicted molar refractivity (Wildman–Crippen MR) is 102 cm³/mol. The molecule has 0 aliphatic heterocycles. The Morgan fingerprint density at radius 1 is 0.964 bits per heavy atom. The third-order valence-electron chi connectivity index (χ3n) is 3.98. The van der Waals surface area contributed by atoms with Crippen LogP contribution in [0.2, 0.25) is 0 Å². The van der Waals surface area contributed by atoms with Crippen molar-refractivity contribution in [3.05, 3.63) is 72.1 Å². The maximum Gasteiger partial charge on any atom is 0.416 e. The SMILES string of the molecule is COc1cccc(CCNc2cc(Nc3cccc(C(F)(F)F)c3)ncn2)c1. The van der Waals surface area contributed by atoms with Gasteiger partial charge in [-0.2, -0.15) is 13.2 Å². The summed E-state index contributed by atoms with van der Waals surface area (Å²) in [5.41, 5.74) is 0.697. The summed E-state index contributed by atoms with van der Waals surface area (Å²) in [6.07, 6.45) is -2.28. The van der Waals surface area contributed by atoms with Gasteiger partial charge in [0.2, 0.25) is 0 Å². The van der Waals surface area contributed by atoms with Crippen LogP contribution in [-0.2, 0) is 12.6 Å². The van der Waals surface area contributed by atoms with Crippen LogP contribution in [0.15, 0.2) is 60.9 Å². The van der Waals surface area contributed by atoms with E-state index in [1.165, 1.54) is 12.4 Å². The van der Waals surface area contributed by atoms with Crippen molar-refractivity contribution < 1.29 is 17.9 Å². The maximum atomic E-state index is 12.8. The number of anilines is 3. The first-order valence-corrected chi connectivity index (χ1v) is 8.57. The van der Waals surface area contributed by atoms with Gasteiger partial charge in [0.15, 0.2) is 0 Å². The smallest absolute Gasteiger partial charge is 0.416 e. The minimum atomic E-state index is -4.39. The number of benzene rings is 2. The van der Waals surface area contributed by atoms with Crippen LogP contribution in [0, 0.1) is 0 Å². The van der Waals surface area contributed by atoms with Crippen LogP contribution in [-0.4, -0.2) is 23.6 Å². The van der Waals surface area contributed by atoms with E-state index in [1.807, 2.05) is 24.3 Å². The second kappa shape index (κ2) is 8.60. The largest absolute Gasteiger partial charge is 0.497 e. The van der Waals surface area contributed by atoms with E-state index in [0.29, 0.717) is 23.9 Å². The third-order valence-corrected chi connectivity index (χ3v) is 3.98. The normalized spacial score (nSPS) is 11.1. The van der Waals surface area contributed by atoms with Crippen LogP contribution >= 0.6 is 0 Å². The summed E-state index contributed by atoms with van der Waals surface area (Å²) in [4.78, 5) is 8.19. The number of hydrogen-bond acceptors (Lipinski definition) is 5. The van der Waals surface area contributed by atoms with Crippen LogP contribution in [0.1, 0.15) is 11.1 Å². The van der Waals surface area contributed by atoms with E-state index in [4.69, 9.17) is 4.74 Å². The summed E-state index contributed by atoms with van der Waals surface area (Å²) in [6.45, 7) is 0.632. The van der Waals surface area contributed by atoms with Gasteiger partial charge in [-0.05, 0) is 42.3 Å². The van der Waals surface area contributed by atoms with Crippen molar-refractivity contribution >= 4 is 17.3 Å². The molecule has 3 aromatic rings. The van der Waals surface area contributed by atoms with Crippen LogP contribution in [0.25, 0.3) is 0 Å². The monoisotopic (exact) mass is 388 g/mol. The van der Waals surface area contributed by atoms with Gasteiger partial charge in [0, 0.05) is 18.3 Å². The van der Waals surface area contributed by atoms with Gasteiger partial charge >= 0.3 is 6.18 Å². The average Bonchev–Trinajstić information content (AvgIpc) is 2.68. The van der Waals surface area contributed by atoms with Crippen LogP contribution in [0.3, 0.4) is 0 Å². The van der Waals surface area contributed by atoms with E-state index in [9.17, 15) is 13.2 Å². The Balaban J connectivity index is 1.61. The highest BCUT2D eigenvalue weighted by atomic mass is 19.4. The Bertz CT molecular complexity index is 931. The molecule has 0 saturated heterocycles. The van der Waals surface area contributed by atoms with Crippen molar-refractivity contribution in [1.29, 1.82) is 0 Å². The summed E-state index contributed by atoms with van der Waals surface area (Å²) in [5.74, 6) is 1.78. The summed E-state index contributed by atoms with van der Waals surface area (Å²) in [6, 6.07) is 14.4. The third kappa shape index (κ3) is 5.35. The Morgan fingerprint density at radius 2 is 1.75 bits per heavy atom. The zero-order valence-electron chi connectivity index (χ0n) is 15.1. The molecule has 0 radical (unpaired) electrons. The summed E-state index contributed by atoms with van der Waals surface area (Å²) < 4.78 is 43.7. The summed E-state index contributed by atoms with van der Waals surface area (Å²) in [7, 11) is 1.62. The predicted octanol–water partition coefficient (Wildman–Crippen LogP) is 4.90. The number of nitrogens with one attached hydrogen (secondary N) is 2. The Hall–Kier alpha value is -3.29. The fraction of sp³-hybridized carbons (Fsp3) is 0.200. The molecular weight excluding hydrogens is 369 g/mol. The lowest BCUT2D eigenvalue weighted by Crippen LogP contribution is -2.08. The molecule has 1 heterocycles. The van der Waals surface area contributed by atoms with E-state index in [-0.39, 0.29) is 0 Å². The van der Waals surface area contributed by atoms with Crippen molar-refractivity contribution in [2.24, 2.45) is 0 Å². The second-order valence-corrected chi connectivity index (χ2v) is 6.02.